The first-order valence-electron chi connectivity index (χ1n) is 5.54. The quantitative estimate of drug-likeness (QED) is 0.637. The first kappa shape index (κ1) is 14.9. The molecular weight excluding hydrogens is 208 g/mol. The van der Waals surface area contributed by atoms with Gasteiger partial charge in [0.05, 0.1) is 19.6 Å². The molecule has 5 nitrogen and oxygen atoms in total. The number of amides is 1. The molecule has 16 heavy (non-hydrogen) atoms. The third kappa shape index (κ3) is 6.40. The Labute approximate surface area is 97.1 Å². The second kappa shape index (κ2) is 8.10. The molecule has 0 saturated heterocycles. The summed E-state index contributed by atoms with van der Waals surface area (Å²) in [6.45, 7) is 5.31. The van der Waals surface area contributed by atoms with Crippen molar-refractivity contribution >= 4 is 11.9 Å². The van der Waals surface area contributed by atoms with E-state index in [9.17, 15) is 9.59 Å². The lowest BCUT2D eigenvalue weighted by Gasteiger charge is -2.19. The average molecular weight is 230 g/mol. The van der Waals surface area contributed by atoms with Crippen molar-refractivity contribution in [2.45, 2.75) is 20.3 Å². The number of hydrogen-bond acceptors (Lipinski definition) is 4. The molecule has 1 N–H and O–H groups in total. The fraction of sp³-hybridized carbons (Fsp3) is 0.818. The number of nitrogens with zero attached hydrogens (tertiary/aromatic N) is 1. The zero-order valence-electron chi connectivity index (χ0n) is 10.6. The number of likely N-dealkylation sites (N-methyl/N-ethyl adjacent to an activating group) is 1. The van der Waals surface area contributed by atoms with Crippen molar-refractivity contribution in [1.82, 2.24) is 10.2 Å². The summed E-state index contributed by atoms with van der Waals surface area (Å²) in [5, 5.41) is 2.78. The molecule has 0 spiro atoms. The Balaban J connectivity index is 3.84. The van der Waals surface area contributed by atoms with E-state index in [2.05, 4.69) is 10.1 Å². The molecule has 1 amide bonds. The molecule has 0 rings (SSSR count). The standard InChI is InChI=1S/C11H22N2O3/c1-5-6-12-10(14)8-13(3)7-9(2)11(15)16-4/h9H,5-8H2,1-4H3,(H,12,14). The van der Waals surface area contributed by atoms with Crippen molar-refractivity contribution in [2.24, 2.45) is 5.92 Å². The highest BCUT2D eigenvalue weighted by Gasteiger charge is 2.16. The topological polar surface area (TPSA) is 58.6 Å². The lowest BCUT2D eigenvalue weighted by atomic mass is 10.2. The number of carbonyl (C=O) groups excluding carboxylic acids is 2. The molecule has 0 aliphatic carbocycles. The van der Waals surface area contributed by atoms with E-state index in [1.807, 2.05) is 18.9 Å². The Bertz CT molecular complexity index is 231. The van der Waals surface area contributed by atoms with Crippen LogP contribution in [0.15, 0.2) is 0 Å². The number of ether oxygens (including phenoxy) is 1. The van der Waals surface area contributed by atoms with Gasteiger partial charge < -0.3 is 10.1 Å². The molecule has 1 unspecified atom stereocenters. The van der Waals surface area contributed by atoms with Crippen LogP contribution in [0.2, 0.25) is 0 Å². The van der Waals surface area contributed by atoms with Gasteiger partial charge in [0.25, 0.3) is 0 Å². The van der Waals surface area contributed by atoms with Crippen molar-refractivity contribution in [3.05, 3.63) is 0 Å². The molecule has 1 atom stereocenters. The van der Waals surface area contributed by atoms with E-state index < -0.39 is 0 Å². The molecule has 0 heterocycles. The van der Waals surface area contributed by atoms with Gasteiger partial charge in [-0.2, -0.15) is 0 Å². The number of carbonyl (C=O) groups is 2. The summed E-state index contributed by atoms with van der Waals surface area (Å²) in [6.07, 6.45) is 0.925. The third-order valence-corrected chi connectivity index (χ3v) is 2.17. The van der Waals surface area contributed by atoms with Gasteiger partial charge in [-0.1, -0.05) is 13.8 Å². The van der Waals surface area contributed by atoms with E-state index in [1.165, 1.54) is 7.11 Å². The van der Waals surface area contributed by atoms with Gasteiger partial charge in [-0.25, -0.2) is 0 Å². The van der Waals surface area contributed by atoms with Crippen molar-refractivity contribution in [1.29, 1.82) is 0 Å². The van der Waals surface area contributed by atoms with Crippen LogP contribution in [0.4, 0.5) is 0 Å². The summed E-state index contributed by atoms with van der Waals surface area (Å²) < 4.78 is 4.62. The molecule has 0 fully saturated rings. The number of nitrogens with one attached hydrogen (secondary N) is 1. The van der Waals surface area contributed by atoms with E-state index in [-0.39, 0.29) is 17.8 Å². The normalized spacial score (nSPS) is 12.3. The molecule has 5 heteroatoms. The van der Waals surface area contributed by atoms with Gasteiger partial charge in [-0.15, -0.1) is 0 Å². The van der Waals surface area contributed by atoms with Gasteiger partial charge in [0, 0.05) is 13.1 Å². The highest BCUT2D eigenvalue weighted by Crippen LogP contribution is 2.00. The van der Waals surface area contributed by atoms with Crippen LogP contribution >= 0.6 is 0 Å². The van der Waals surface area contributed by atoms with E-state index in [4.69, 9.17) is 0 Å². The number of esters is 1. The maximum Gasteiger partial charge on any atom is 0.309 e. The summed E-state index contributed by atoms with van der Waals surface area (Å²) in [5.74, 6) is -0.476. The largest absolute Gasteiger partial charge is 0.469 e. The zero-order chi connectivity index (χ0) is 12.6. The number of methoxy groups -OCH3 is 1. The molecule has 0 bridgehead atoms. The van der Waals surface area contributed by atoms with Crippen molar-refractivity contribution in [2.75, 3.05) is 33.8 Å². The monoisotopic (exact) mass is 230 g/mol. The highest BCUT2D eigenvalue weighted by atomic mass is 16.5. The minimum absolute atomic E-state index is 0.0126. The molecule has 0 aromatic heterocycles. The van der Waals surface area contributed by atoms with Gasteiger partial charge in [-0.3, -0.25) is 14.5 Å². The van der Waals surface area contributed by atoms with E-state index in [0.29, 0.717) is 19.6 Å². The van der Waals surface area contributed by atoms with E-state index in [1.54, 1.807) is 6.92 Å². The van der Waals surface area contributed by atoms with Crippen LogP contribution in [0.5, 0.6) is 0 Å². The molecule has 0 aliphatic rings. The van der Waals surface area contributed by atoms with Crippen LogP contribution in [0.1, 0.15) is 20.3 Å². The summed E-state index contributed by atoms with van der Waals surface area (Å²) in [5.41, 5.74) is 0. The second-order valence-electron chi connectivity index (χ2n) is 3.97. The fourth-order valence-electron chi connectivity index (χ4n) is 1.37. The summed E-state index contributed by atoms with van der Waals surface area (Å²) in [4.78, 5) is 24.3. The maximum absolute atomic E-state index is 11.4. The minimum Gasteiger partial charge on any atom is -0.469 e. The molecule has 94 valence electrons. The predicted octanol–water partition coefficient (Wildman–Crippen LogP) is 0.254. The summed E-state index contributed by atoms with van der Waals surface area (Å²) in [7, 11) is 3.18. The Morgan fingerprint density at radius 1 is 1.44 bits per heavy atom. The predicted molar refractivity (Wildman–Crippen MR) is 62.0 cm³/mol. The van der Waals surface area contributed by atoms with E-state index >= 15 is 0 Å². The SMILES string of the molecule is CCCNC(=O)CN(C)CC(C)C(=O)OC. The molecule has 0 aliphatic heterocycles. The lowest BCUT2D eigenvalue weighted by molar-refractivity contribution is -0.145. The zero-order valence-corrected chi connectivity index (χ0v) is 10.6. The Morgan fingerprint density at radius 3 is 2.56 bits per heavy atom. The third-order valence-electron chi connectivity index (χ3n) is 2.17. The molecule has 0 saturated carbocycles. The van der Waals surface area contributed by atoms with Crippen LogP contribution in [0.3, 0.4) is 0 Å². The molecule has 0 aromatic rings. The van der Waals surface area contributed by atoms with Gasteiger partial charge in [0.15, 0.2) is 0 Å². The van der Waals surface area contributed by atoms with Crippen LogP contribution in [-0.4, -0.2) is 50.6 Å². The Kier molecular flexibility index (Phi) is 7.54. The van der Waals surface area contributed by atoms with Gasteiger partial charge in [0.2, 0.25) is 5.91 Å². The van der Waals surface area contributed by atoms with Crippen LogP contribution in [0.25, 0.3) is 0 Å². The molecule has 0 radical (unpaired) electrons. The number of rotatable bonds is 7. The van der Waals surface area contributed by atoms with Crippen molar-refractivity contribution < 1.29 is 14.3 Å². The molecular formula is C11H22N2O3. The van der Waals surface area contributed by atoms with Crippen LogP contribution < -0.4 is 5.32 Å². The summed E-state index contributed by atoms with van der Waals surface area (Å²) in [6, 6.07) is 0. The fourth-order valence-corrected chi connectivity index (χ4v) is 1.37. The van der Waals surface area contributed by atoms with Gasteiger partial charge >= 0.3 is 5.97 Å². The van der Waals surface area contributed by atoms with Crippen LogP contribution in [0, 0.1) is 5.92 Å². The average Bonchev–Trinajstić information content (AvgIpc) is 2.24. The Hall–Kier alpha value is -1.10. The summed E-state index contributed by atoms with van der Waals surface area (Å²) >= 11 is 0. The highest BCUT2D eigenvalue weighted by molar-refractivity contribution is 5.78. The maximum atomic E-state index is 11.4. The van der Waals surface area contributed by atoms with Gasteiger partial charge in [-0.05, 0) is 13.5 Å². The van der Waals surface area contributed by atoms with Crippen molar-refractivity contribution in [3.8, 4) is 0 Å². The smallest absolute Gasteiger partial charge is 0.309 e. The van der Waals surface area contributed by atoms with Crippen LogP contribution in [-0.2, 0) is 14.3 Å². The van der Waals surface area contributed by atoms with Gasteiger partial charge in [0.1, 0.15) is 0 Å². The van der Waals surface area contributed by atoms with Crippen molar-refractivity contribution in [3.63, 3.8) is 0 Å². The number of hydrogen-bond donors (Lipinski definition) is 1. The molecule has 0 aromatic carbocycles. The first-order chi connectivity index (χ1) is 7.51. The van der Waals surface area contributed by atoms with E-state index in [0.717, 1.165) is 6.42 Å². The Morgan fingerprint density at radius 2 is 2.06 bits per heavy atom. The first-order valence-corrected chi connectivity index (χ1v) is 5.54. The minimum atomic E-state index is -0.249. The lowest BCUT2D eigenvalue weighted by Crippen LogP contribution is -2.38. The second-order valence-corrected chi connectivity index (χ2v) is 3.97.